The minimum atomic E-state index is 0. The molecule has 0 amide bonds. The molecule has 1 heterocycles. The molecule has 3 rings (SSSR count). The molecule has 21 heavy (non-hydrogen) atoms. The van der Waals surface area contributed by atoms with Gasteiger partial charge in [0.2, 0.25) is 0 Å². The molecule has 0 atom stereocenters. The van der Waals surface area contributed by atoms with Gasteiger partial charge < -0.3 is 4.98 Å². The standard InChI is InChI=1S/C17H16N2S.ClH/c1-2-20-15-10-6-9-14(11-15)16-12-18-17(19-16)13-7-4-3-5-8-13;/h3-12H,2H2,1H3,(H,18,19);1H. The second kappa shape index (κ2) is 7.34. The monoisotopic (exact) mass is 316 g/mol. The Morgan fingerprint density at radius 2 is 1.76 bits per heavy atom. The van der Waals surface area contributed by atoms with Crippen LogP contribution in [-0.2, 0) is 0 Å². The average Bonchev–Trinajstić information content (AvgIpc) is 2.99. The Labute approximate surface area is 135 Å². The molecule has 0 aliphatic rings. The predicted octanol–water partition coefficient (Wildman–Crippen LogP) is 5.28. The van der Waals surface area contributed by atoms with Crippen LogP contribution in [0.1, 0.15) is 6.92 Å². The van der Waals surface area contributed by atoms with Crippen molar-refractivity contribution in [1.29, 1.82) is 0 Å². The van der Waals surface area contributed by atoms with Crippen molar-refractivity contribution in [3.8, 4) is 22.6 Å². The first-order chi connectivity index (χ1) is 9.86. The minimum absolute atomic E-state index is 0. The summed E-state index contributed by atoms with van der Waals surface area (Å²) in [5.41, 5.74) is 3.35. The second-order valence-corrected chi connectivity index (χ2v) is 5.81. The van der Waals surface area contributed by atoms with Crippen LogP contribution in [0, 0.1) is 0 Å². The molecule has 2 nitrogen and oxygen atoms in total. The van der Waals surface area contributed by atoms with Crippen molar-refractivity contribution >= 4 is 24.2 Å². The Bertz CT molecular complexity index is 695. The third-order valence-corrected chi connectivity index (χ3v) is 3.96. The zero-order chi connectivity index (χ0) is 13.8. The van der Waals surface area contributed by atoms with Crippen molar-refractivity contribution in [1.82, 2.24) is 9.97 Å². The number of hydrogen-bond donors (Lipinski definition) is 1. The number of nitrogens with zero attached hydrogens (tertiary/aromatic N) is 1. The van der Waals surface area contributed by atoms with Crippen LogP contribution in [0.25, 0.3) is 22.6 Å². The number of hydrogen-bond acceptors (Lipinski definition) is 2. The van der Waals surface area contributed by atoms with Gasteiger partial charge in [-0.05, 0) is 17.9 Å². The Kier molecular flexibility index (Phi) is 5.48. The predicted molar refractivity (Wildman–Crippen MR) is 93.1 cm³/mol. The van der Waals surface area contributed by atoms with Gasteiger partial charge in [-0.2, -0.15) is 0 Å². The smallest absolute Gasteiger partial charge is 0.137 e. The Morgan fingerprint density at radius 1 is 1.00 bits per heavy atom. The van der Waals surface area contributed by atoms with E-state index in [9.17, 15) is 0 Å². The van der Waals surface area contributed by atoms with Crippen molar-refractivity contribution in [2.45, 2.75) is 11.8 Å². The van der Waals surface area contributed by atoms with Crippen molar-refractivity contribution in [3.63, 3.8) is 0 Å². The molecule has 1 aromatic heterocycles. The number of benzene rings is 2. The Balaban J connectivity index is 0.00000161. The van der Waals surface area contributed by atoms with E-state index in [0.717, 1.165) is 22.8 Å². The van der Waals surface area contributed by atoms with Crippen LogP contribution in [0.15, 0.2) is 65.7 Å². The zero-order valence-electron chi connectivity index (χ0n) is 11.7. The highest BCUT2D eigenvalue weighted by Gasteiger charge is 2.05. The van der Waals surface area contributed by atoms with E-state index in [1.165, 1.54) is 10.5 Å². The fraction of sp³-hybridized carbons (Fsp3) is 0.118. The first-order valence-corrected chi connectivity index (χ1v) is 7.69. The van der Waals surface area contributed by atoms with Gasteiger partial charge in [0.25, 0.3) is 0 Å². The molecule has 108 valence electrons. The summed E-state index contributed by atoms with van der Waals surface area (Å²) < 4.78 is 0. The van der Waals surface area contributed by atoms with Crippen molar-refractivity contribution in [2.75, 3.05) is 5.75 Å². The van der Waals surface area contributed by atoms with Crippen LogP contribution in [0.2, 0.25) is 0 Å². The molecule has 0 saturated carbocycles. The lowest BCUT2D eigenvalue weighted by Gasteiger charge is -2.02. The zero-order valence-corrected chi connectivity index (χ0v) is 13.4. The highest BCUT2D eigenvalue weighted by atomic mass is 35.5. The Hall–Kier alpha value is -1.71. The molecule has 0 aliphatic heterocycles. The summed E-state index contributed by atoms with van der Waals surface area (Å²) in [4.78, 5) is 9.16. The number of nitrogens with one attached hydrogen (secondary N) is 1. The third kappa shape index (κ3) is 3.69. The molecule has 3 aromatic rings. The van der Waals surface area contributed by atoms with E-state index in [4.69, 9.17) is 0 Å². The number of aromatic nitrogens is 2. The number of thioether (sulfide) groups is 1. The van der Waals surface area contributed by atoms with Gasteiger partial charge in [0.15, 0.2) is 0 Å². The van der Waals surface area contributed by atoms with Gasteiger partial charge in [-0.1, -0.05) is 49.4 Å². The largest absolute Gasteiger partial charge is 0.338 e. The summed E-state index contributed by atoms with van der Waals surface area (Å²) >= 11 is 1.85. The molecule has 2 aromatic carbocycles. The first-order valence-electron chi connectivity index (χ1n) is 6.70. The van der Waals surface area contributed by atoms with E-state index < -0.39 is 0 Å². The number of imidazole rings is 1. The van der Waals surface area contributed by atoms with Crippen LogP contribution >= 0.6 is 24.2 Å². The lowest BCUT2D eigenvalue weighted by atomic mass is 10.2. The topological polar surface area (TPSA) is 28.7 Å². The summed E-state index contributed by atoms with van der Waals surface area (Å²) in [6, 6.07) is 18.7. The highest BCUT2D eigenvalue weighted by molar-refractivity contribution is 7.99. The van der Waals surface area contributed by atoms with Gasteiger partial charge in [-0.25, -0.2) is 4.98 Å². The van der Waals surface area contributed by atoms with Gasteiger partial charge in [-0.15, -0.1) is 24.2 Å². The molecule has 0 aliphatic carbocycles. The van der Waals surface area contributed by atoms with E-state index in [-0.39, 0.29) is 12.4 Å². The normalized spacial score (nSPS) is 10.1. The summed E-state index contributed by atoms with van der Waals surface area (Å²) in [6.07, 6.45) is 1.90. The highest BCUT2D eigenvalue weighted by Crippen LogP contribution is 2.26. The number of H-pyrrole nitrogens is 1. The third-order valence-electron chi connectivity index (χ3n) is 3.08. The average molecular weight is 317 g/mol. The van der Waals surface area contributed by atoms with E-state index in [1.54, 1.807) is 0 Å². The fourth-order valence-electron chi connectivity index (χ4n) is 2.13. The van der Waals surface area contributed by atoms with Gasteiger partial charge in [0.1, 0.15) is 5.82 Å². The molecule has 1 N–H and O–H groups in total. The molecule has 0 fully saturated rings. The van der Waals surface area contributed by atoms with Crippen LogP contribution in [0.3, 0.4) is 0 Å². The van der Waals surface area contributed by atoms with Crippen LogP contribution in [-0.4, -0.2) is 15.7 Å². The maximum atomic E-state index is 4.48. The summed E-state index contributed by atoms with van der Waals surface area (Å²) in [5.74, 6) is 2.00. The molecule has 0 bridgehead atoms. The fourth-order valence-corrected chi connectivity index (χ4v) is 2.85. The van der Waals surface area contributed by atoms with Crippen LogP contribution in [0.5, 0.6) is 0 Å². The molecule has 0 spiro atoms. The number of halogens is 1. The van der Waals surface area contributed by atoms with Gasteiger partial charge in [0.05, 0.1) is 11.9 Å². The SMILES string of the molecule is CCSc1cccc(-c2cnc(-c3ccccc3)[nH]2)c1.Cl. The van der Waals surface area contributed by atoms with E-state index in [1.807, 2.05) is 36.2 Å². The summed E-state index contributed by atoms with van der Waals surface area (Å²) in [7, 11) is 0. The maximum absolute atomic E-state index is 4.48. The van der Waals surface area contributed by atoms with Crippen molar-refractivity contribution < 1.29 is 0 Å². The Morgan fingerprint density at radius 3 is 2.52 bits per heavy atom. The molecule has 4 heteroatoms. The minimum Gasteiger partial charge on any atom is -0.338 e. The molecular formula is C17H17ClN2S. The molecular weight excluding hydrogens is 300 g/mol. The number of aromatic amines is 1. The van der Waals surface area contributed by atoms with E-state index >= 15 is 0 Å². The first kappa shape index (κ1) is 15.7. The number of rotatable bonds is 4. The van der Waals surface area contributed by atoms with E-state index in [0.29, 0.717) is 0 Å². The van der Waals surface area contributed by atoms with Crippen LogP contribution in [0.4, 0.5) is 0 Å². The second-order valence-electron chi connectivity index (χ2n) is 4.47. The van der Waals surface area contributed by atoms with E-state index in [2.05, 4.69) is 53.3 Å². The maximum Gasteiger partial charge on any atom is 0.137 e. The molecule has 0 unspecified atom stereocenters. The van der Waals surface area contributed by atoms with Gasteiger partial charge in [0, 0.05) is 16.0 Å². The van der Waals surface area contributed by atoms with Crippen LogP contribution < -0.4 is 0 Å². The van der Waals surface area contributed by atoms with Crippen molar-refractivity contribution in [3.05, 3.63) is 60.8 Å². The summed E-state index contributed by atoms with van der Waals surface area (Å²) in [6.45, 7) is 2.17. The van der Waals surface area contributed by atoms with Gasteiger partial charge in [-0.3, -0.25) is 0 Å². The lowest BCUT2D eigenvalue weighted by molar-refractivity contribution is 1.31. The molecule has 0 saturated heterocycles. The van der Waals surface area contributed by atoms with Crippen molar-refractivity contribution in [2.24, 2.45) is 0 Å². The lowest BCUT2D eigenvalue weighted by Crippen LogP contribution is -1.81. The molecule has 0 radical (unpaired) electrons. The van der Waals surface area contributed by atoms with Gasteiger partial charge >= 0.3 is 0 Å². The quantitative estimate of drug-likeness (QED) is 0.663. The summed E-state index contributed by atoms with van der Waals surface area (Å²) in [5, 5.41) is 0.